The number of aromatic nitrogens is 2. The monoisotopic (exact) mass is 411 g/mol. The molecule has 0 amide bonds. The highest BCUT2D eigenvalue weighted by Crippen LogP contribution is 2.31. The van der Waals surface area contributed by atoms with Gasteiger partial charge in [-0.1, -0.05) is 54.6 Å². The zero-order valence-corrected chi connectivity index (χ0v) is 17.3. The molecule has 0 radical (unpaired) electrons. The van der Waals surface area contributed by atoms with E-state index in [2.05, 4.69) is 9.83 Å². The minimum absolute atomic E-state index is 0.416. The molecule has 31 heavy (non-hydrogen) atoms. The summed E-state index contributed by atoms with van der Waals surface area (Å²) >= 11 is 0. The van der Waals surface area contributed by atoms with Gasteiger partial charge in [-0.15, -0.1) is 0 Å². The maximum atomic E-state index is 12.3. The Morgan fingerprint density at radius 2 is 1.84 bits per heavy atom. The number of imidazole rings is 1. The molecule has 0 aliphatic heterocycles. The lowest BCUT2D eigenvalue weighted by atomic mass is 10.0. The van der Waals surface area contributed by atoms with Gasteiger partial charge < -0.3 is 9.47 Å². The normalized spacial score (nSPS) is 10.6. The molecule has 1 aromatic heterocycles. The molecular formula is C25H21N3O3. The van der Waals surface area contributed by atoms with Crippen LogP contribution in [0, 0.1) is 6.57 Å². The van der Waals surface area contributed by atoms with E-state index in [9.17, 15) is 4.79 Å². The molecular weight excluding hydrogens is 390 g/mol. The van der Waals surface area contributed by atoms with E-state index < -0.39 is 5.97 Å². The molecule has 154 valence electrons. The Kier molecular flexibility index (Phi) is 5.67. The van der Waals surface area contributed by atoms with E-state index in [0.717, 1.165) is 16.7 Å². The van der Waals surface area contributed by atoms with Crippen molar-refractivity contribution in [3.63, 3.8) is 0 Å². The summed E-state index contributed by atoms with van der Waals surface area (Å²) < 4.78 is 12.6. The van der Waals surface area contributed by atoms with E-state index in [1.807, 2.05) is 66.1 Å². The third-order valence-corrected chi connectivity index (χ3v) is 5.04. The summed E-state index contributed by atoms with van der Waals surface area (Å²) in [7, 11) is 1.37. The molecule has 3 aromatic carbocycles. The summed E-state index contributed by atoms with van der Waals surface area (Å²) in [5.41, 5.74) is 5.32. The number of carbonyl (C=O) groups excluding carboxylic acids is 1. The number of nitrogens with zero attached hydrogens (tertiary/aromatic N) is 3. The molecule has 0 N–H and O–H groups in total. The number of esters is 1. The zero-order chi connectivity index (χ0) is 21.8. The summed E-state index contributed by atoms with van der Waals surface area (Å²) in [5.74, 6) is -0.416. The van der Waals surface area contributed by atoms with Gasteiger partial charge in [-0.25, -0.2) is 9.64 Å². The van der Waals surface area contributed by atoms with Gasteiger partial charge in [0.2, 0.25) is 0 Å². The minimum Gasteiger partial charge on any atom is -0.465 e. The molecule has 0 bridgehead atoms. The van der Waals surface area contributed by atoms with Crippen molar-refractivity contribution in [2.75, 3.05) is 13.7 Å². The van der Waals surface area contributed by atoms with Crippen LogP contribution in [0.15, 0.2) is 66.7 Å². The van der Waals surface area contributed by atoms with Crippen LogP contribution in [0.5, 0.6) is 6.01 Å². The SMILES string of the molecule is [C-]#[N+]c1ccccc1-c1ccc(Cn2c(OCC)nc3cccc(C(=O)OC)c32)cc1. The molecule has 0 atom stereocenters. The summed E-state index contributed by atoms with van der Waals surface area (Å²) in [6, 6.07) is 21.4. The molecule has 6 heteroatoms. The molecule has 6 nitrogen and oxygen atoms in total. The van der Waals surface area contributed by atoms with Gasteiger partial charge in [-0.3, -0.25) is 4.57 Å². The van der Waals surface area contributed by atoms with Crippen LogP contribution in [0.4, 0.5) is 5.69 Å². The van der Waals surface area contributed by atoms with Crippen molar-refractivity contribution < 1.29 is 14.3 Å². The first kappa shape index (κ1) is 20.2. The lowest BCUT2D eigenvalue weighted by Crippen LogP contribution is -2.09. The predicted molar refractivity (Wildman–Crippen MR) is 119 cm³/mol. The number of hydrogen-bond acceptors (Lipinski definition) is 4. The van der Waals surface area contributed by atoms with E-state index in [0.29, 0.717) is 41.4 Å². The lowest BCUT2D eigenvalue weighted by molar-refractivity contribution is 0.0602. The van der Waals surface area contributed by atoms with Gasteiger partial charge in [0.1, 0.15) is 0 Å². The average Bonchev–Trinajstić information content (AvgIpc) is 3.16. The number of methoxy groups -OCH3 is 1. The fourth-order valence-corrected chi connectivity index (χ4v) is 3.61. The molecule has 0 aliphatic rings. The van der Waals surface area contributed by atoms with Crippen molar-refractivity contribution in [3.8, 4) is 17.1 Å². The quantitative estimate of drug-likeness (QED) is 0.311. The molecule has 4 aromatic rings. The molecule has 4 rings (SSSR count). The number of ether oxygens (including phenoxy) is 2. The predicted octanol–water partition coefficient (Wildman–Crippen LogP) is 5.49. The van der Waals surface area contributed by atoms with E-state index in [1.165, 1.54) is 7.11 Å². The van der Waals surface area contributed by atoms with E-state index in [4.69, 9.17) is 16.0 Å². The Morgan fingerprint density at radius 1 is 1.06 bits per heavy atom. The number of benzene rings is 3. The van der Waals surface area contributed by atoms with Crippen molar-refractivity contribution in [1.29, 1.82) is 0 Å². The maximum Gasteiger partial charge on any atom is 0.340 e. The van der Waals surface area contributed by atoms with Gasteiger partial charge >= 0.3 is 5.97 Å². The summed E-state index contributed by atoms with van der Waals surface area (Å²) in [6.07, 6.45) is 0. The van der Waals surface area contributed by atoms with Crippen LogP contribution in [0.25, 0.3) is 27.0 Å². The van der Waals surface area contributed by atoms with Crippen LogP contribution >= 0.6 is 0 Å². The van der Waals surface area contributed by atoms with E-state index >= 15 is 0 Å². The molecule has 0 unspecified atom stereocenters. The number of hydrogen-bond donors (Lipinski definition) is 0. The Labute approximate surface area is 180 Å². The number of carbonyl (C=O) groups is 1. The van der Waals surface area contributed by atoms with Crippen LogP contribution < -0.4 is 4.74 Å². The Morgan fingerprint density at radius 3 is 2.55 bits per heavy atom. The zero-order valence-electron chi connectivity index (χ0n) is 17.3. The minimum atomic E-state index is -0.416. The van der Waals surface area contributed by atoms with Crippen LogP contribution in [0.3, 0.4) is 0 Å². The highest BCUT2D eigenvalue weighted by Gasteiger charge is 2.19. The largest absolute Gasteiger partial charge is 0.465 e. The van der Waals surface area contributed by atoms with Crippen molar-refractivity contribution in [2.45, 2.75) is 13.5 Å². The molecule has 0 saturated heterocycles. The molecule has 0 spiro atoms. The third kappa shape index (κ3) is 3.86. The van der Waals surface area contributed by atoms with Crippen LogP contribution in [0.1, 0.15) is 22.8 Å². The first-order valence-electron chi connectivity index (χ1n) is 9.92. The van der Waals surface area contributed by atoms with Crippen molar-refractivity contribution in [3.05, 3.63) is 89.3 Å². The van der Waals surface area contributed by atoms with Crippen molar-refractivity contribution >= 4 is 22.7 Å². The molecule has 0 fully saturated rings. The maximum absolute atomic E-state index is 12.3. The second kappa shape index (κ2) is 8.72. The second-order valence-corrected chi connectivity index (χ2v) is 6.90. The second-order valence-electron chi connectivity index (χ2n) is 6.90. The third-order valence-electron chi connectivity index (χ3n) is 5.04. The van der Waals surface area contributed by atoms with E-state index in [-0.39, 0.29) is 0 Å². The summed E-state index contributed by atoms with van der Waals surface area (Å²) in [5, 5.41) is 0. The first-order chi connectivity index (χ1) is 15.2. The highest BCUT2D eigenvalue weighted by molar-refractivity contribution is 6.02. The van der Waals surface area contributed by atoms with Gasteiger partial charge in [0.25, 0.3) is 6.01 Å². The first-order valence-corrected chi connectivity index (χ1v) is 9.92. The van der Waals surface area contributed by atoms with Crippen LogP contribution in [-0.2, 0) is 11.3 Å². The number of rotatable bonds is 6. The highest BCUT2D eigenvalue weighted by atomic mass is 16.5. The Bertz CT molecular complexity index is 1280. The molecule has 1 heterocycles. The average molecular weight is 411 g/mol. The number of para-hydroxylation sites is 2. The molecule has 0 aliphatic carbocycles. The fraction of sp³-hybridized carbons (Fsp3) is 0.160. The van der Waals surface area contributed by atoms with Gasteiger partial charge in [0.15, 0.2) is 5.69 Å². The van der Waals surface area contributed by atoms with Gasteiger partial charge in [0, 0.05) is 0 Å². The van der Waals surface area contributed by atoms with Crippen LogP contribution in [0.2, 0.25) is 0 Å². The smallest absolute Gasteiger partial charge is 0.340 e. The van der Waals surface area contributed by atoms with Gasteiger partial charge in [-0.2, -0.15) is 4.98 Å². The van der Waals surface area contributed by atoms with Crippen molar-refractivity contribution in [1.82, 2.24) is 9.55 Å². The topological polar surface area (TPSA) is 57.7 Å². The lowest BCUT2D eigenvalue weighted by Gasteiger charge is -2.12. The number of fused-ring (bicyclic) bond motifs is 1. The Balaban J connectivity index is 1.75. The Hall–Kier alpha value is -4.11. The standard InChI is InChI=1S/C25H21N3O3/c1-4-31-25-27-22-11-7-9-20(24(29)30-3)23(22)28(25)16-17-12-14-18(15-13-17)19-8-5-6-10-21(19)26-2/h5-15H,4,16H2,1,3H3. The van der Waals surface area contributed by atoms with Crippen molar-refractivity contribution in [2.24, 2.45) is 0 Å². The van der Waals surface area contributed by atoms with Gasteiger partial charge in [0.05, 0.1) is 43.4 Å². The fourth-order valence-electron chi connectivity index (χ4n) is 3.61. The summed E-state index contributed by atoms with van der Waals surface area (Å²) in [4.78, 5) is 20.5. The van der Waals surface area contributed by atoms with E-state index in [1.54, 1.807) is 12.1 Å². The van der Waals surface area contributed by atoms with Gasteiger partial charge in [-0.05, 0) is 35.7 Å². The van der Waals surface area contributed by atoms with Crippen LogP contribution in [-0.4, -0.2) is 29.2 Å². The summed E-state index contributed by atoms with van der Waals surface area (Å²) in [6.45, 7) is 10.2. The molecule has 0 saturated carbocycles.